The molecule has 2 heterocycles. The Morgan fingerprint density at radius 1 is 0.647 bits per heavy atom. The van der Waals surface area contributed by atoms with Crippen LogP contribution in [-0.4, -0.2) is 61.1 Å². The zero-order valence-corrected chi connectivity index (χ0v) is 36.1. The largest absolute Gasteiger partial charge is 0.314 e. The van der Waals surface area contributed by atoms with Gasteiger partial charge in [0.25, 0.3) is 0 Å². The molecule has 0 aromatic heterocycles. The molecule has 8 atom stereocenters. The van der Waals surface area contributed by atoms with Crippen molar-refractivity contribution in [3.05, 3.63) is 35.4 Å². The Morgan fingerprint density at radius 3 is 1.51 bits per heavy atom. The van der Waals surface area contributed by atoms with Crippen molar-refractivity contribution in [2.24, 2.45) is 45.3 Å². The number of piperazine rings is 2. The molecule has 284 valence electrons. The van der Waals surface area contributed by atoms with Gasteiger partial charge in [-0.05, 0) is 150 Å². The Balaban J connectivity index is 1.09. The van der Waals surface area contributed by atoms with Crippen LogP contribution in [0.15, 0.2) is 24.3 Å². The van der Waals surface area contributed by atoms with E-state index in [4.69, 9.17) is 0 Å². The van der Waals surface area contributed by atoms with Crippen molar-refractivity contribution in [2.45, 2.75) is 152 Å². The normalized spacial score (nSPS) is 45.0. The van der Waals surface area contributed by atoms with Gasteiger partial charge in [0.15, 0.2) is 0 Å². The first-order chi connectivity index (χ1) is 24.3. The van der Waals surface area contributed by atoms with Gasteiger partial charge >= 0.3 is 0 Å². The topological polar surface area (TPSA) is 48.1 Å². The number of hydrogen-bond donors (Lipinski definition) is 4. The van der Waals surface area contributed by atoms with Gasteiger partial charge in [0.1, 0.15) is 0 Å². The van der Waals surface area contributed by atoms with E-state index in [1.54, 1.807) is 44.1 Å². The van der Waals surface area contributed by atoms with E-state index in [0.717, 1.165) is 85.5 Å². The summed E-state index contributed by atoms with van der Waals surface area (Å²) in [6.45, 7) is 22.4. The smallest absolute Gasteiger partial charge is 0.0413 e. The van der Waals surface area contributed by atoms with Crippen molar-refractivity contribution in [3.8, 4) is 0 Å². The van der Waals surface area contributed by atoms with Crippen molar-refractivity contribution < 1.29 is 0 Å². The van der Waals surface area contributed by atoms with Crippen LogP contribution in [0.25, 0.3) is 0 Å². The van der Waals surface area contributed by atoms with Gasteiger partial charge in [0, 0.05) is 56.2 Å². The number of nitrogens with one attached hydrogen (secondary N) is 4. The standard InChI is InChI=1S/C44H73N4P3/c1-39(2,3)41-17-30-15-31(18-41)22-43(21-30,28-41)49-38(50-44-23-32-16-33(24-44)20-42(19-32,29-44)40(4,5)6)35-10-8-7-9-34(35)27-51(36-25-45-11-13-47-36)37-26-46-12-14-48-37/h7-10,30-33,36-38,45-50H,11-29H2,1-6H3. The lowest BCUT2D eigenvalue weighted by atomic mass is 9.43. The molecule has 2 saturated heterocycles. The zero-order chi connectivity index (χ0) is 35.3. The predicted octanol–water partition coefficient (Wildman–Crippen LogP) is 9.83. The van der Waals surface area contributed by atoms with Crippen molar-refractivity contribution in [1.29, 1.82) is 0 Å². The fourth-order valence-corrected chi connectivity index (χ4v) is 24.5. The van der Waals surface area contributed by atoms with Crippen LogP contribution in [0.4, 0.5) is 0 Å². The Labute approximate surface area is 317 Å². The quantitative estimate of drug-likeness (QED) is 0.190. The molecule has 4 N–H and O–H groups in total. The van der Waals surface area contributed by atoms with E-state index in [2.05, 4.69) is 87.1 Å². The number of benzene rings is 1. The molecule has 0 radical (unpaired) electrons. The highest BCUT2D eigenvalue weighted by atomic mass is 31.1. The van der Waals surface area contributed by atoms with Crippen LogP contribution in [0.1, 0.15) is 135 Å². The summed E-state index contributed by atoms with van der Waals surface area (Å²) in [6.07, 6.45) is 19.7. The molecule has 8 saturated carbocycles. The van der Waals surface area contributed by atoms with E-state index >= 15 is 0 Å². The summed E-state index contributed by atoms with van der Waals surface area (Å²) in [5.41, 5.74) is 5.54. The second-order valence-electron chi connectivity index (χ2n) is 22.0. The van der Waals surface area contributed by atoms with Gasteiger partial charge in [0.2, 0.25) is 0 Å². The predicted molar refractivity (Wildman–Crippen MR) is 224 cm³/mol. The highest BCUT2D eigenvalue weighted by molar-refractivity contribution is 7.59. The lowest BCUT2D eigenvalue weighted by Crippen LogP contribution is -2.58. The minimum atomic E-state index is -0.267. The second-order valence-corrected chi connectivity index (χ2v) is 29.0. The maximum atomic E-state index is 4.03. The third-order valence-electron chi connectivity index (χ3n) is 16.8. The van der Waals surface area contributed by atoms with Gasteiger partial charge in [-0.25, -0.2) is 0 Å². The average Bonchev–Trinajstić information content (AvgIpc) is 3.05. The maximum Gasteiger partial charge on any atom is 0.0413 e. The highest BCUT2D eigenvalue weighted by Crippen LogP contribution is 2.78. The number of hydrogen-bond acceptors (Lipinski definition) is 4. The molecule has 0 spiro atoms. The fraction of sp³-hybridized carbons (Fsp3) is 0.864. The van der Waals surface area contributed by atoms with E-state index < -0.39 is 0 Å². The first kappa shape index (κ1) is 37.0. The van der Waals surface area contributed by atoms with Crippen LogP contribution in [0.2, 0.25) is 0 Å². The monoisotopic (exact) mass is 751 g/mol. The van der Waals surface area contributed by atoms with Gasteiger partial charge in [-0.2, -0.15) is 0 Å². The lowest BCUT2D eigenvalue weighted by molar-refractivity contribution is -0.103. The summed E-state index contributed by atoms with van der Waals surface area (Å²) in [4.78, 5) is 0. The fourth-order valence-electron chi connectivity index (χ4n) is 14.8. The zero-order valence-electron chi connectivity index (χ0n) is 33.2. The highest BCUT2D eigenvalue weighted by Gasteiger charge is 2.64. The molecule has 2 aliphatic heterocycles. The van der Waals surface area contributed by atoms with Gasteiger partial charge in [0.05, 0.1) is 0 Å². The number of rotatable bonds is 9. The SMILES string of the molecule is CC(C)(C)C12CC3CC(CC(PC(PC45CC6CC(C4)CC(C(C)(C)C)(C6)C5)c4ccccc4CP(C4CNCCN4)C4CNCCN4)(C3)C1)C2. The third-order valence-corrected chi connectivity index (χ3v) is 24.3. The van der Waals surface area contributed by atoms with Crippen LogP contribution >= 0.6 is 25.1 Å². The van der Waals surface area contributed by atoms with E-state index in [1.165, 1.54) is 44.7 Å². The molecule has 4 nitrogen and oxygen atoms in total. The minimum absolute atomic E-state index is 0.267. The molecule has 8 unspecified atom stereocenters. The molecule has 7 heteroatoms. The third kappa shape index (κ3) is 6.82. The molecule has 0 amide bonds. The van der Waals surface area contributed by atoms with Crippen molar-refractivity contribution in [3.63, 3.8) is 0 Å². The Morgan fingerprint density at radius 2 is 1.10 bits per heavy atom. The van der Waals surface area contributed by atoms with Crippen molar-refractivity contribution in [2.75, 3.05) is 39.3 Å². The van der Waals surface area contributed by atoms with E-state index in [1.807, 2.05) is 5.56 Å². The van der Waals surface area contributed by atoms with Crippen LogP contribution in [0, 0.1) is 45.3 Å². The second kappa shape index (κ2) is 13.5. The summed E-state index contributed by atoms with van der Waals surface area (Å²) in [7, 11) is 1.95. The molecule has 10 fully saturated rings. The van der Waals surface area contributed by atoms with E-state index in [0.29, 0.717) is 43.5 Å². The maximum absolute atomic E-state index is 4.03. The first-order valence-electron chi connectivity index (χ1n) is 21.5. The molecule has 51 heavy (non-hydrogen) atoms. The Kier molecular flexibility index (Phi) is 9.77. The van der Waals surface area contributed by atoms with Crippen LogP contribution in [-0.2, 0) is 6.16 Å². The molecule has 8 bridgehead atoms. The summed E-state index contributed by atoms with van der Waals surface area (Å²) in [5, 5.41) is 17.6. The van der Waals surface area contributed by atoms with Crippen LogP contribution in [0.3, 0.4) is 0 Å². The first-order valence-corrected chi connectivity index (χ1v) is 25.4. The minimum Gasteiger partial charge on any atom is -0.314 e. The molecule has 11 rings (SSSR count). The Hall–Kier alpha value is 0.350. The van der Waals surface area contributed by atoms with Gasteiger partial charge < -0.3 is 21.3 Å². The summed E-state index contributed by atoms with van der Waals surface area (Å²) in [6, 6.07) is 10.2. The molecule has 8 aliphatic carbocycles. The molecule has 1 aromatic rings. The summed E-state index contributed by atoms with van der Waals surface area (Å²) < 4.78 is 0. The molecule has 1 aromatic carbocycles. The average molecular weight is 751 g/mol. The van der Waals surface area contributed by atoms with Gasteiger partial charge in [-0.1, -0.05) is 73.7 Å². The Bertz CT molecular complexity index is 1310. The van der Waals surface area contributed by atoms with Crippen molar-refractivity contribution in [1.82, 2.24) is 21.3 Å². The van der Waals surface area contributed by atoms with E-state index in [-0.39, 0.29) is 7.92 Å². The van der Waals surface area contributed by atoms with Gasteiger partial charge in [-0.3, -0.25) is 0 Å². The summed E-state index contributed by atoms with van der Waals surface area (Å²) >= 11 is 0. The summed E-state index contributed by atoms with van der Waals surface area (Å²) in [5.74, 6) is 5.14. The lowest BCUT2D eigenvalue weighted by Gasteiger charge is -2.68. The van der Waals surface area contributed by atoms with Crippen LogP contribution < -0.4 is 21.3 Å². The molecular formula is C44H73N4P3. The molecular weight excluding hydrogens is 677 g/mol. The van der Waals surface area contributed by atoms with E-state index in [9.17, 15) is 0 Å². The van der Waals surface area contributed by atoms with Crippen LogP contribution in [0.5, 0.6) is 0 Å². The van der Waals surface area contributed by atoms with Gasteiger partial charge in [-0.15, -0.1) is 17.2 Å². The van der Waals surface area contributed by atoms with Crippen molar-refractivity contribution >= 4 is 25.1 Å². The molecule has 10 aliphatic rings.